The number of nitrogens with zero attached hydrogens (tertiary/aromatic N) is 3. The van der Waals surface area contributed by atoms with Crippen molar-refractivity contribution in [2.24, 2.45) is 0 Å². The second-order valence-corrected chi connectivity index (χ2v) is 7.09. The van der Waals surface area contributed by atoms with Gasteiger partial charge in [-0.3, -0.25) is 9.69 Å². The molecule has 3 fully saturated rings. The number of carbonyl (C=O) groups is 1. The Morgan fingerprint density at radius 1 is 0.920 bits per heavy atom. The predicted octanol–water partition coefficient (Wildman–Crippen LogP) is 1.17. The summed E-state index contributed by atoms with van der Waals surface area (Å²) in [6, 6.07) is 10.5. The van der Waals surface area contributed by atoms with Crippen molar-refractivity contribution in [2.75, 3.05) is 63.9 Å². The van der Waals surface area contributed by atoms with Gasteiger partial charge >= 0.3 is 0 Å². The number of benzene rings is 1. The highest BCUT2D eigenvalue weighted by atomic mass is 16.7. The number of piperidine rings is 1. The average Bonchev–Trinajstić information content (AvgIpc) is 3.11. The molecular weight excluding hydrogens is 318 g/mol. The molecule has 0 atom stereocenters. The SMILES string of the molecule is O=C(CN1CCN(c2ccccc2)CC1)N1CCC2(CC1)OCCO2. The normalized spacial score (nSPS) is 24.0. The highest BCUT2D eigenvalue weighted by Gasteiger charge is 2.40. The lowest BCUT2D eigenvalue weighted by atomic mass is 10.0. The van der Waals surface area contributed by atoms with Gasteiger partial charge in [-0.2, -0.15) is 0 Å². The lowest BCUT2D eigenvalue weighted by Gasteiger charge is -2.39. The summed E-state index contributed by atoms with van der Waals surface area (Å²) in [4.78, 5) is 19.2. The van der Waals surface area contributed by atoms with Crippen molar-refractivity contribution in [2.45, 2.75) is 18.6 Å². The maximum absolute atomic E-state index is 12.6. The van der Waals surface area contributed by atoms with Crippen LogP contribution in [0.25, 0.3) is 0 Å². The lowest BCUT2D eigenvalue weighted by Crippen LogP contribution is -2.53. The Morgan fingerprint density at radius 3 is 2.20 bits per heavy atom. The number of hydrogen-bond donors (Lipinski definition) is 0. The Hall–Kier alpha value is -1.63. The van der Waals surface area contributed by atoms with Crippen molar-refractivity contribution in [3.05, 3.63) is 30.3 Å². The first-order chi connectivity index (χ1) is 12.2. The van der Waals surface area contributed by atoms with Crippen molar-refractivity contribution in [3.8, 4) is 0 Å². The monoisotopic (exact) mass is 345 g/mol. The van der Waals surface area contributed by atoms with Gasteiger partial charge in [0.05, 0.1) is 19.8 Å². The van der Waals surface area contributed by atoms with Gasteiger partial charge in [-0.1, -0.05) is 18.2 Å². The lowest BCUT2D eigenvalue weighted by molar-refractivity contribution is -0.187. The van der Waals surface area contributed by atoms with E-state index < -0.39 is 5.79 Å². The number of carbonyl (C=O) groups excluding carboxylic acids is 1. The summed E-state index contributed by atoms with van der Waals surface area (Å²) < 4.78 is 11.5. The molecule has 25 heavy (non-hydrogen) atoms. The third-order valence-electron chi connectivity index (χ3n) is 5.54. The molecule has 1 aromatic rings. The van der Waals surface area contributed by atoms with Gasteiger partial charge in [0, 0.05) is 57.8 Å². The molecule has 3 aliphatic heterocycles. The standard InChI is InChI=1S/C19H27N3O3/c23-18(22-8-6-19(7-9-22)24-14-15-25-19)16-20-10-12-21(13-11-20)17-4-2-1-3-5-17/h1-5H,6-16H2. The second kappa shape index (κ2) is 7.32. The number of likely N-dealkylation sites (tertiary alicyclic amines) is 1. The van der Waals surface area contributed by atoms with Gasteiger partial charge in [0.2, 0.25) is 5.91 Å². The molecule has 0 aromatic heterocycles. The van der Waals surface area contributed by atoms with Gasteiger partial charge in [0.1, 0.15) is 0 Å². The van der Waals surface area contributed by atoms with Crippen molar-refractivity contribution in [3.63, 3.8) is 0 Å². The van der Waals surface area contributed by atoms with Gasteiger partial charge < -0.3 is 19.3 Å². The molecule has 136 valence electrons. The molecule has 0 bridgehead atoms. The predicted molar refractivity (Wildman–Crippen MR) is 95.5 cm³/mol. The molecule has 1 aromatic carbocycles. The number of rotatable bonds is 3. The zero-order valence-corrected chi connectivity index (χ0v) is 14.7. The van der Waals surface area contributed by atoms with E-state index in [1.807, 2.05) is 11.0 Å². The largest absolute Gasteiger partial charge is 0.369 e. The summed E-state index contributed by atoms with van der Waals surface area (Å²) in [5, 5.41) is 0. The Morgan fingerprint density at radius 2 is 1.56 bits per heavy atom. The molecule has 4 rings (SSSR count). The molecule has 0 radical (unpaired) electrons. The maximum atomic E-state index is 12.6. The minimum atomic E-state index is -0.405. The number of hydrogen-bond acceptors (Lipinski definition) is 5. The van der Waals surface area contributed by atoms with Crippen LogP contribution in [0.3, 0.4) is 0 Å². The summed E-state index contributed by atoms with van der Waals surface area (Å²) in [5.41, 5.74) is 1.27. The molecule has 6 nitrogen and oxygen atoms in total. The Labute approximate surface area is 149 Å². The van der Waals surface area contributed by atoms with Crippen molar-refractivity contribution >= 4 is 11.6 Å². The Kier molecular flexibility index (Phi) is 4.92. The van der Waals surface area contributed by atoms with Crippen LogP contribution in [-0.4, -0.2) is 80.5 Å². The average molecular weight is 345 g/mol. The summed E-state index contributed by atoms with van der Waals surface area (Å²) in [6.07, 6.45) is 1.58. The topological polar surface area (TPSA) is 45.3 Å². The smallest absolute Gasteiger partial charge is 0.236 e. The molecule has 1 spiro atoms. The molecule has 0 aliphatic carbocycles. The summed E-state index contributed by atoms with van der Waals surface area (Å²) in [6.45, 7) is 7.18. The first-order valence-corrected chi connectivity index (χ1v) is 9.32. The molecule has 0 unspecified atom stereocenters. The van der Waals surface area contributed by atoms with Gasteiger partial charge in [0.15, 0.2) is 5.79 Å². The third kappa shape index (κ3) is 3.81. The minimum absolute atomic E-state index is 0.237. The van der Waals surface area contributed by atoms with Crippen molar-refractivity contribution in [1.82, 2.24) is 9.80 Å². The van der Waals surface area contributed by atoms with E-state index in [2.05, 4.69) is 34.1 Å². The van der Waals surface area contributed by atoms with Crippen LogP contribution in [0.15, 0.2) is 30.3 Å². The number of piperazine rings is 1. The van der Waals surface area contributed by atoms with Crippen molar-refractivity contribution < 1.29 is 14.3 Å². The van der Waals surface area contributed by atoms with E-state index >= 15 is 0 Å². The molecule has 3 aliphatic rings. The van der Waals surface area contributed by atoms with Gasteiger partial charge in [-0.25, -0.2) is 0 Å². The Bertz CT molecular complexity index is 571. The van der Waals surface area contributed by atoms with E-state index in [1.165, 1.54) is 5.69 Å². The molecular formula is C19H27N3O3. The van der Waals surface area contributed by atoms with Gasteiger partial charge in [-0.05, 0) is 12.1 Å². The van der Waals surface area contributed by atoms with E-state index in [1.54, 1.807) is 0 Å². The molecule has 1 amide bonds. The summed E-state index contributed by atoms with van der Waals surface area (Å²) in [7, 11) is 0. The molecule has 0 N–H and O–H groups in total. The van der Waals surface area contributed by atoms with E-state index in [0.29, 0.717) is 19.8 Å². The quantitative estimate of drug-likeness (QED) is 0.823. The number of ether oxygens (including phenoxy) is 2. The fourth-order valence-corrected chi connectivity index (χ4v) is 3.98. The van der Waals surface area contributed by atoms with Crippen LogP contribution >= 0.6 is 0 Å². The third-order valence-corrected chi connectivity index (χ3v) is 5.54. The van der Waals surface area contributed by atoms with Crippen molar-refractivity contribution in [1.29, 1.82) is 0 Å². The van der Waals surface area contributed by atoms with Crippen LogP contribution < -0.4 is 4.90 Å². The fourth-order valence-electron chi connectivity index (χ4n) is 3.98. The van der Waals surface area contributed by atoms with E-state index in [4.69, 9.17) is 9.47 Å². The molecule has 0 saturated carbocycles. The number of para-hydroxylation sites is 1. The zero-order valence-electron chi connectivity index (χ0n) is 14.7. The molecule has 3 heterocycles. The first-order valence-electron chi connectivity index (χ1n) is 9.32. The van der Waals surface area contributed by atoms with E-state index in [0.717, 1.165) is 52.1 Å². The fraction of sp³-hybridized carbons (Fsp3) is 0.632. The van der Waals surface area contributed by atoms with Crippen LogP contribution in [0.4, 0.5) is 5.69 Å². The summed E-state index contributed by atoms with van der Waals surface area (Å²) >= 11 is 0. The van der Waals surface area contributed by atoms with E-state index in [-0.39, 0.29) is 5.91 Å². The minimum Gasteiger partial charge on any atom is -0.369 e. The molecule has 3 saturated heterocycles. The van der Waals surface area contributed by atoms with Gasteiger partial charge in [0.25, 0.3) is 0 Å². The maximum Gasteiger partial charge on any atom is 0.236 e. The number of amides is 1. The van der Waals surface area contributed by atoms with Crippen LogP contribution in [-0.2, 0) is 14.3 Å². The van der Waals surface area contributed by atoms with Crippen LogP contribution in [0.5, 0.6) is 0 Å². The second-order valence-electron chi connectivity index (χ2n) is 7.09. The zero-order chi connectivity index (χ0) is 17.1. The highest BCUT2D eigenvalue weighted by molar-refractivity contribution is 5.78. The first kappa shape index (κ1) is 16.8. The van der Waals surface area contributed by atoms with E-state index in [9.17, 15) is 4.79 Å². The molecule has 6 heteroatoms. The number of anilines is 1. The van der Waals surface area contributed by atoms with Crippen LogP contribution in [0.2, 0.25) is 0 Å². The summed E-state index contributed by atoms with van der Waals surface area (Å²) in [5.74, 6) is -0.168. The van der Waals surface area contributed by atoms with Crippen LogP contribution in [0, 0.1) is 0 Å². The van der Waals surface area contributed by atoms with Gasteiger partial charge in [-0.15, -0.1) is 0 Å². The highest BCUT2D eigenvalue weighted by Crippen LogP contribution is 2.31. The van der Waals surface area contributed by atoms with Crippen LogP contribution in [0.1, 0.15) is 12.8 Å². The Balaban J connectivity index is 1.23.